The lowest BCUT2D eigenvalue weighted by Crippen LogP contribution is -2.43. The molecule has 0 saturated carbocycles. The van der Waals surface area contributed by atoms with Crippen molar-refractivity contribution in [2.75, 3.05) is 19.7 Å². The summed E-state index contributed by atoms with van der Waals surface area (Å²) in [6.07, 6.45) is 3.09. The van der Waals surface area contributed by atoms with Crippen LogP contribution in [0.15, 0.2) is 28.9 Å². The SMILES string of the molecule is CCOC(=O)C1CCCN(C(=O)c2cc(-c3ccco3)[nH]n2)C1. The minimum atomic E-state index is -0.254. The van der Waals surface area contributed by atoms with E-state index < -0.39 is 0 Å². The molecular weight excluding hydrogens is 298 g/mol. The molecule has 1 aliphatic rings. The van der Waals surface area contributed by atoms with Gasteiger partial charge in [-0.05, 0) is 31.9 Å². The first-order valence-electron chi connectivity index (χ1n) is 7.74. The van der Waals surface area contributed by atoms with E-state index >= 15 is 0 Å². The van der Waals surface area contributed by atoms with Crippen LogP contribution in [-0.4, -0.2) is 46.7 Å². The van der Waals surface area contributed by atoms with Crippen LogP contribution in [0.4, 0.5) is 0 Å². The Hall–Kier alpha value is -2.57. The third-order valence-electron chi connectivity index (χ3n) is 3.91. The number of ether oxygens (including phenoxy) is 1. The van der Waals surface area contributed by atoms with E-state index in [0.29, 0.717) is 36.8 Å². The number of hydrogen-bond acceptors (Lipinski definition) is 5. The van der Waals surface area contributed by atoms with Gasteiger partial charge in [-0.25, -0.2) is 0 Å². The van der Waals surface area contributed by atoms with Gasteiger partial charge in [-0.15, -0.1) is 0 Å². The van der Waals surface area contributed by atoms with Gasteiger partial charge in [-0.1, -0.05) is 0 Å². The zero-order valence-corrected chi connectivity index (χ0v) is 12.9. The number of hydrogen-bond donors (Lipinski definition) is 1. The number of esters is 1. The third-order valence-corrected chi connectivity index (χ3v) is 3.91. The molecule has 2 aromatic heterocycles. The summed E-state index contributed by atoms with van der Waals surface area (Å²) in [5.74, 6) is -0.0490. The van der Waals surface area contributed by atoms with E-state index in [1.807, 2.05) is 0 Å². The van der Waals surface area contributed by atoms with Crippen molar-refractivity contribution < 1.29 is 18.7 Å². The lowest BCUT2D eigenvalue weighted by Gasteiger charge is -2.31. The van der Waals surface area contributed by atoms with E-state index in [1.54, 1.807) is 36.3 Å². The highest BCUT2D eigenvalue weighted by Gasteiger charge is 2.30. The summed E-state index contributed by atoms with van der Waals surface area (Å²) in [6.45, 7) is 3.14. The first kappa shape index (κ1) is 15.3. The van der Waals surface area contributed by atoms with Crippen LogP contribution in [0.1, 0.15) is 30.3 Å². The molecule has 7 heteroatoms. The van der Waals surface area contributed by atoms with Crippen molar-refractivity contribution in [2.24, 2.45) is 5.92 Å². The van der Waals surface area contributed by atoms with E-state index in [1.165, 1.54) is 0 Å². The highest BCUT2D eigenvalue weighted by Crippen LogP contribution is 2.22. The summed E-state index contributed by atoms with van der Waals surface area (Å²) in [5, 5.41) is 6.86. The second kappa shape index (κ2) is 6.68. The number of rotatable bonds is 4. The fourth-order valence-corrected chi connectivity index (χ4v) is 2.77. The van der Waals surface area contributed by atoms with Crippen LogP contribution in [-0.2, 0) is 9.53 Å². The highest BCUT2D eigenvalue weighted by molar-refractivity contribution is 5.93. The monoisotopic (exact) mass is 317 g/mol. The standard InChI is InChI=1S/C16H19N3O4/c1-2-22-16(21)11-5-3-7-19(10-11)15(20)13-9-12(17-18-13)14-6-4-8-23-14/h4,6,8-9,11H,2-3,5,7,10H2,1H3,(H,17,18). The summed E-state index contributed by atoms with van der Waals surface area (Å²) in [4.78, 5) is 26.1. The number of furan rings is 1. The number of nitrogens with zero attached hydrogens (tertiary/aromatic N) is 2. The Labute approximate surface area is 133 Å². The fourth-order valence-electron chi connectivity index (χ4n) is 2.77. The number of amides is 1. The second-order valence-electron chi connectivity index (χ2n) is 5.49. The third kappa shape index (κ3) is 3.28. The van der Waals surface area contributed by atoms with Crippen LogP contribution in [0.5, 0.6) is 0 Å². The van der Waals surface area contributed by atoms with Crippen molar-refractivity contribution in [3.05, 3.63) is 30.2 Å². The highest BCUT2D eigenvalue weighted by atomic mass is 16.5. The average Bonchev–Trinajstić information content (AvgIpc) is 3.25. The molecular formula is C16H19N3O4. The lowest BCUT2D eigenvalue weighted by molar-refractivity contribution is -0.149. The fraction of sp³-hybridized carbons (Fsp3) is 0.438. The summed E-state index contributed by atoms with van der Waals surface area (Å²) in [5.41, 5.74) is 0.971. The Kier molecular flexibility index (Phi) is 4.45. The number of H-pyrrole nitrogens is 1. The number of piperidine rings is 1. The maximum atomic E-state index is 12.6. The van der Waals surface area contributed by atoms with Crippen LogP contribution in [0.2, 0.25) is 0 Å². The first-order valence-corrected chi connectivity index (χ1v) is 7.74. The van der Waals surface area contributed by atoms with Gasteiger partial charge in [0.15, 0.2) is 11.5 Å². The molecule has 3 rings (SSSR count). The molecule has 2 aromatic rings. The van der Waals surface area contributed by atoms with E-state index in [2.05, 4.69) is 10.2 Å². The predicted octanol–water partition coefficient (Wildman–Crippen LogP) is 2.08. The van der Waals surface area contributed by atoms with Crippen LogP contribution in [0.3, 0.4) is 0 Å². The molecule has 122 valence electrons. The average molecular weight is 317 g/mol. The van der Waals surface area contributed by atoms with Crippen molar-refractivity contribution in [2.45, 2.75) is 19.8 Å². The van der Waals surface area contributed by atoms with Gasteiger partial charge < -0.3 is 14.1 Å². The summed E-state index contributed by atoms with van der Waals surface area (Å²) >= 11 is 0. The van der Waals surface area contributed by atoms with Gasteiger partial charge >= 0.3 is 5.97 Å². The molecule has 1 unspecified atom stereocenters. The number of carbonyl (C=O) groups excluding carboxylic acids is 2. The van der Waals surface area contributed by atoms with Crippen molar-refractivity contribution >= 4 is 11.9 Å². The van der Waals surface area contributed by atoms with E-state index in [-0.39, 0.29) is 17.8 Å². The molecule has 1 amide bonds. The van der Waals surface area contributed by atoms with Crippen molar-refractivity contribution in [1.29, 1.82) is 0 Å². The molecule has 0 radical (unpaired) electrons. The normalized spacial score (nSPS) is 18.0. The molecule has 3 heterocycles. The van der Waals surface area contributed by atoms with Gasteiger partial charge in [0.05, 0.1) is 18.8 Å². The molecule has 0 aliphatic carbocycles. The Morgan fingerprint density at radius 3 is 3.13 bits per heavy atom. The quantitative estimate of drug-likeness (QED) is 0.872. The predicted molar refractivity (Wildman–Crippen MR) is 81.6 cm³/mol. The molecule has 1 saturated heterocycles. The Balaban J connectivity index is 1.69. The Morgan fingerprint density at radius 1 is 1.52 bits per heavy atom. The largest absolute Gasteiger partial charge is 0.466 e. The summed E-state index contributed by atoms with van der Waals surface area (Å²) in [7, 11) is 0. The van der Waals surface area contributed by atoms with Gasteiger partial charge in [0, 0.05) is 19.2 Å². The first-order chi connectivity index (χ1) is 11.2. The topological polar surface area (TPSA) is 88.4 Å². The van der Waals surface area contributed by atoms with Crippen molar-refractivity contribution in [3.63, 3.8) is 0 Å². The maximum absolute atomic E-state index is 12.6. The summed E-state index contributed by atoms with van der Waals surface area (Å²) < 4.78 is 10.3. The smallest absolute Gasteiger partial charge is 0.310 e. The van der Waals surface area contributed by atoms with Gasteiger partial charge in [0.1, 0.15) is 5.69 Å². The van der Waals surface area contributed by atoms with Crippen LogP contribution in [0, 0.1) is 5.92 Å². The zero-order chi connectivity index (χ0) is 16.2. The van der Waals surface area contributed by atoms with Gasteiger partial charge in [0.2, 0.25) is 0 Å². The molecule has 1 aliphatic heterocycles. The van der Waals surface area contributed by atoms with E-state index in [0.717, 1.165) is 12.8 Å². The minimum Gasteiger partial charge on any atom is -0.466 e. The number of likely N-dealkylation sites (tertiary alicyclic amines) is 1. The zero-order valence-electron chi connectivity index (χ0n) is 12.9. The molecule has 1 fully saturated rings. The molecule has 0 spiro atoms. The van der Waals surface area contributed by atoms with E-state index in [9.17, 15) is 9.59 Å². The number of carbonyl (C=O) groups is 2. The second-order valence-corrected chi connectivity index (χ2v) is 5.49. The van der Waals surface area contributed by atoms with E-state index in [4.69, 9.17) is 9.15 Å². The van der Waals surface area contributed by atoms with Gasteiger partial charge in [-0.3, -0.25) is 14.7 Å². The maximum Gasteiger partial charge on any atom is 0.310 e. The summed E-state index contributed by atoms with van der Waals surface area (Å²) in [6, 6.07) is 5.22. The van der Waals surface area contributed by atoms with Crippen molar-refractivity contribution in [3.8, 4) is 11.5 Å². The number of nitrogens with one attached hydrogen (secondary N) is 1. The van der Waals surface area contributed by atoms with Crippen LogP contribution >= 0.6 is 0 Å². The van der Waals surface area contributed by atoms with Crippen LogP contribution in [0.25, 0.3) is 11.5 Å². The molecule has 1 N–H and O–H groups in total. The Morgan fingerprint density at radius 2 is 2.39 bits per heavy atom. The molecule has 0 aromatic carbocycles. The number of aromatic amines is 1. The number of aromatic nitrogens is 2. The molecule has 7 nitrogen and oxygen atoms in total. The molecule has 1 atom stereocenters. The van der Waals surface area contributed by atoms with Gasteiger partial charge in [0.25, 0.3) is 5.91 Å². The van der Waals surface area contributed by atoms with Gasteiger partial charge in [-0.2, -0.15) is 5.10 Å². The minimum absolute atomic E-state index is 0.187. The van der Waals surface area contributed by atoms with Crippen molar-refractivity contribution in [1.82, 2.24) is 15.1 Å². The lowest BCUT2D eigenvalue weighted by atomic mass is 9.98. The molecule has 0 bridgehead atoms. The molecule has 23 heavy (non-hydrogen) atoms. The Bertz CT molecular complexity index is 677. The van der Waals surface area contributed by atoms with Crippen LogP contribution < -0.4 is 0 Å².